The van der Waals surface area contributed by atoms with Crippen LogP contribution >= 0.6 is 15.9 Å². The lowest BCUT2D eigenvalue weighted by atomic mass is 9.75. The molecule has 0 aromatic carbocycles. The van der Waals surface area contributed by atoms with E-state index < -0.39 is 0 Å². The van der Waals surface area contributed by atoms with Crippen LogP contribution in [-0.2, 0) is 0 Å². The lowest BCUT2D eigenvalue weighted by molar-refractivity contribution is 0.0954. The third-order valence-electron chi connectivity index (χ3n) is 4.75. The SMILES string of the molecule is CCCCN(CC1(CBr)CCCCC1)C(C)CC. The summed E-state index contributed by atoms with van der Waals surface area (Å²) in [5.41, 5.74) is 0.565. The predicted molar refractivity (Wildman–Crippen MR) is 85.5 cm³/mol. The smallest absolute Gasteiger partial charge is 0.0100 e. The van der Waals surface area contributed by atoms with Gasteiger partial charge in [0.15, 0.2) is 0 Å². The molecule has 0 saturated heterocycles. The van der Waals surface area contributed by atoms with Crippen molar-refractivity contribution in [3.05, 3.63) is 0 Å². The normalized spacial score (nSPS) is 21.2. The highest BCUT2D eigenvalue weighted by Gasteiger charge is 2.33. The van der Waals surface area contributed by atoms with Crippen LogP contribution in [-0.4, -0.2) is 29.4 Å². The van der Waals surface area contributed by atoms with Gasteiger partial charge in [-0.25, -0.2) is 0 Å². The van der Waals surface area contributed by atoms with Gasteiger partial charge in [0.05, 0.1) is 0 Å². The zero-order chi connectivity index (χ0) is 13.4. The number of hydrogen-bond acceptors (Lipinski definition) is 1. The summed E-state index contributed by atoms with van der Waals surface area (Å²) >= 11 is 3.81. The van der Waals surface area contributed by atoms with Crippen molar-refractivity contribution in [1.29, 1.82) is 0 Å². The molecule has 1 unspecified atom stereocenters. The average Bonchev–Trinajstić information content (AvgIpc) is 2.43. The first-order valence-corrected chi connectivity index (χ1v) is 9.09. The van der Waals surface area contributed by atoms with E-state index in [4.69, 9.17) is 0 Å². The molecule has 0 aromatic rings. The van der Waals surface area contributed by atoms with Crippen LogP contribution in [0.3, 0.4) is 0 Å². The fourth-order valence-corrected chi connectivity index (χ4v) is 3.88. The van der Waals surface area contributed by atoms with Gasteiger partial charge < -0.3 is 4.90 Å². The number of halogens is 1. The molecule has 0 aliphatic heterocycles. The molecule has 1 atom stereocenters. The Morgan fingerprint density at radius 1 is 1.17 bits per heavy atom. The fraction of sp³-hybridized carbons (Fsp3) is 1.00. The molecule has 0 N–H and O–H groups in total. The molecule has 18 heavy (non-hydrogen) atoms. The summed E-state index contributed by atoms with van der Waals surface area (Å²) < 4.78 is 0. The fourth-order valence-electron chi connectivity index (χ4n) is 3.14. The molecular formula is C16H32BrN. The highest BCUT2D eigenvalue weighted by molar-refractivity contribution is 9.09. The van der Waals surface area contributed by atoms with Gasteiger partial charge in [0.2, 0.25) is 0 Å². The van der Waals surface area contributed by atoms with Gasteiger partial charge in [-0.3, -0.25) is 0 Å². The Morgan fingerprint density at radius 2 is 1.83 bits per heavy atom. The summed E-state index contributed by atoms with van der Waals surface area (Å²) in [5.74, 6) is 0. The van der Waals surface area contributed by atoms with E-state index in [0.717, 1.165) is 6.04 Å². The first-order chi connectivity index (χ1) is 8.67. The molecule has 1 aliphatic carbocycles. The van der Waals surface area contributed by atoms with Crippen molar-refractivity contribution >= 4 is 15.9 Å². The summed E-state index contributed by atoms with van der Waals surface area (Å²) in [6, 6.07) is 0.745. The number of unbranched alkanes of at least 4 members (excludes halogenated alkanes) is 1. The third-order valence-corrected chi connectivity index (χ3v) is 5.94. The summed E-state index contributed by atoms with van der Waals surface area (Å²) in [7, 11) is 0. The van der Waals surface area contributed by atoms with Crippen LogP contribution in [0.5, 0.6) is 0 Å². The summed E-state index contributed by atoms with van der Waals surface area (Å²) in [6.45, 7) is 9.63. The first-order valence-electron chi connectivity index (χ1n) is 7.97. The third kappa shape index (κ3) is 4.85. The molecule has 1 nitrogen and oxygen atoms in total. The molecule has 1 rings (SSSR count). The highest BCUT2D eigenvalue weighted by Crippen LogP contribution is 2.39. The number of alkyl halides is 1. The van der Waals surface area contributed by atoms with Crippen LogP contribution < -0.4 is 0 Å². The minimum atomic E-state index is 0.565. The molecule has 0 amide bonds. The Kier molecular flexibility index (Phi) is 7.86. The summed E-state index contributed by atoms with van der Waals surface area (Å²) in [6.07, 6.45) is 11.1. The molecule has 0 spiro atoms. The maximum atomic E-state index is 3.81. The average molecular weight is 318 g/mol. The number of nitrogens with zero attached hydrogens (tertiary/aromatic N) is 1. The standard InChI is InChI=1S/C16H32BrN/c1-4-6-12-18(15(3)5-2)14-16(13-17)10-8-7-9-11-16/h15H,4-14H2,1-3H3. The topological polar surface area (TPSA) is 3.24 Å². The van der Waals surface area contributed by atoms with E-state index >= 15 is 0 Å². The monoisotopic (exact) mass is 317 g/mol. The number of rotatable bonds is 8. The maximum Gasteiger partial charge on any atom is 0.0100 e. The van der Waals surface area contributed by atoms with E-state index in [1.165, 1.54) is 69.8 Å². The van der Waals surface area contributed by atoms with E-state index in [9.17, 15) is 0 Å². The first kappa shape index (κ1) is 16.5. The Labute approximate surface area is 123 Å². The largest absolute Gasteiger partial charge is 0.300 e. The lowest BCUT2D eigenvalue weighted by Gasteiger charge is -2.42. The van der Waals surface area contributed by atoms with Crippen molar-refractivity contribution < 1.29 is 0 Å². The molecule has 0 radical (unpaired) electrons. The highest BCUT2D eigenvalue weighted by atomic mass is 79.9. The minimum absolute atomic E-state index is 0.565. The van der Waals surface area contributed by atoms with Crippen LogP contribution in [0.4, 0.5) is 0 Å². The molecule has 108 valence electrons. The quantitative estimate of drug-likeness (QED) is 0.554. The van der Waals surface area contributed by atoms with Crippen molar-refractivity contribution in [3.8, 4) is 0 Å². The van der Waals surface area contributed by atoms with Crippen molar-refractivity contribution in [2.75, 3.05) is 18.4 Å². The second-order valence-corrected chi connectivity index (χ2v) is 6.84. The summed E-state index contributed by atoms with van der Waals surface area (Å²) in [5, 5.41) is 1.19. The van der Waals surface area contributed by atoms with Crippen LogP contribution in [0.1, 0.15) is 72.1 Å². The van der Waals surface area contributed by atoms with Crippen molar-refractivity contribution in [2.24, 2.45) is 5.41 Å². The molecule has 0 heterocycles. The zero-order valence-electron chi connectivity index (χ0n) is 12.7. The molecule has 0 bridgehead atoms. The van der Waals surface area contributed by atoms with Crippen molar-refractivity contribution in [3.63, 3.8) is 0 Å². The van der Waals surface area contributed by atoms with Crippen LogP contribution in [0.25, 0.3) is 0 Å². The molecule has 2 heteroatoms. The van der Waals surface area contributed by atoms with E-state index in [2.05, 4.69) is 41.6 Å². The Bertz CT molecular complexity index is 211. The Balaban J connectivity index is 2.60. The second-order valence-electron chi connectivity index (χ2n) is 6.28. The van der Waals surface area contributed by atoms with E-state index in [-0.39, 0.29) is 0 Å². The van der Waals surface area contributed by atoms with Crippen LogP contribution in [0.15, 0.2) is 0 Å². The van der Waals surface area contributed by atoms with Gasteiger partial charge >= 0.3 is 0 Å². The van der Waals surface area contributed by atoms with Gasteiger partial charge in [0.1, 0.15) is 0 Å². The maximum absolute atomic E-state index is 3.81. The predicted octanol–water partition coefficient (Wildman–Crippen LogP) is 5.23. The Hall–Kier alpha value is 0.440. The Morgan fingerprint density at radius 3 is 2.33 bits per heavy atom. The van der Waals surface area contributed by atoms with Gasteiger partial charge in [0.25, 0.3) is 0 Å². The molecular weight excluding hydrogens is 286 g/mol. The van der Waals surface area contributed by atoms with Crippen molar-refractivity contribution in [2.45, 2.75) is 78.2 Å². The van der Waals surface area contributed by atoms with Gasteiger partial charge in [-0.15, -0.1) is 0 Å². The second kappa shape index (κ2) is 8.58. The minimum Gasteiger partial charge on any atom is -0.300 e. The van der Waals surface area contributed by atoms with Crippen molar-refractivity contribution in [1.82, 2.24) is 4.90 Å². The van der Waals surface area contributed by atoms with Gasteiger partial charge in [-0.05, 0) is 44.6 Å². The van der Waals surface area contributed by atoms with Crippen LogP contribution in [0, 0.1) is 5.41 Å². The molecule has 1 fully saturated rings. The van der Waals surface area contributed by atoms with E-state index in [1.54, 1.807) is 0 Å². The van der Waals surface area contributed by atoms with Gasteiger partial charge in [-0.1, -0.05) is 55.5 Å². The molecule has 1 saturated carbocycles. The van der Waals surface area contributed by atoms with Crippen LogP contribution in [0.2, 0.25) is 0 Å². The zero-order valence-corrected chi connectivity index (χ0v) is 14.3. The van der Waals surface area contributed by atoms with E-state index in [0.29, 0.717) is 5.41 Å². The molecule has 1 aliphatic rings. The van der Waals surface area contributed by atoms with E-state index in [1.807, 2.05) is 0 Å². The van der Waals surface area contributed by atoms with Gasteiger partial charge in [-0.2, -0.15) is 0 Å². The molecule has 0 aromatic heterocycles. The number of hydrogen-bond donors (Lipinski definition) is 0. The van der Waals surface area contributed by atoms with Gasteiger partial charge in [0, 0.05) is 17.9 Å². The lowest BCUT2D eigenvalue weighted by Crippen LogP contribution is -2.44. The summed E-state index contributed by atoms with van der Waals surface area (Å²) in [4.78, 5) is 2.76.